The molecule has 2 aromatic carbocycles. The predicted octanol–water partition coefficient (Wildman–Crippen LogP) is 4.83. The van der Waals surface area contributed by atoms with Gasteiger partial charge in [0.25, 0.3) is 5.56 Å². The van der Waals surface area contributed by atoms with E-state index >= 15 is 4.39 Å². The first-order chi connectivity index (χ1) is 16.1. The Hall–Kier alpha value is -3.79. The van der Waals surface area contributed by atoms with Crippen molar-refractivity contribution in [1.82, 2.24) is 9.55 Å². The maximum absolute atomic E-state index is 15.6. The van der Waals surface area contributed by atoms with Gasteiger partial charge in [-0.2, -0.15) is 0 Å². The molecular weight excluding hydrogens is 433 g/mol. The number of rotatable bonds is 3. The molecule has 0 amide bonds. The van der Waals surface area contributed by atoms with Crippen LogP contribution in [0.15, 0.2) is 52.2 Å². The summed E-state index contributed by atoms with van der Waals surface area (Å²) >= 11 is 0. The van der Waals surface area contributed by atoms with Gasteiger partial charge in [0.15, 0.2) is 5.82 Å². The molecule has 34 heavy (non-hydrogen) atoms. The molecule has 7 heteroatoms. The lowest BCUT2D eigenvalue weighted by molar-refractivity contribution is 0.392. The number of methoxy groups -OCH3 is 1. The molecule has 1 heterocycles. The molecule has 180 valence electrons. The lowest BCUT2D eigenvalue weighted by atomic mass is 9.84. The van der Waals surface area contributed by atoms with Crippen LogP contribution in [0.25, 0.3) is 5.69 Å². The zero-order valence-corrected chi connectivity index (χ0v) is 20.8. The Labute approximate surface area is 199 Å². The van der Waals surface area contributed by atoms with Crippen molar-refractivity contribution < 1.29 is 9.13 Å². The smallest absolute Gasteiger partial charge is 0.333 e. The second-order valence-electron chi connectivity index (χ2n) is 8.68. The molecule has 0 aliphatic carbocycles. The molecule has 3 aromatic rings. The molecular formula is C27H32FN3O3. The van der Waals surface area contributed by atoms with Crippen LogP contribution in [0.4, 0.5) is 10.1 Å². The van der Waals surface area contributed by atoms with Crippen LogP contribution in [-0.2, 0) is 5.41 Å². The third-order valence-corrected chi connectivity index (χ3v) is 4.80. The van der Waals surface area contributed by atoms with Gasteiger partial charge in [0.2, 0.25) is 0 Å². The summed E-state index contributed by atoms with van der Waals surface area (Å²) in [6, 6.07) is 10.1. The second kappa shape index (κ2) is 11.4. The number of benzene rings is 2. The van der Waals surface area contributed by atoms with Gasteiger partial charge in [-0.25, -0.2) is 9.18 Å². The summed E-state index contributed by atoms with van der Waals surface area (Å²) in [6.45, 7) is 10.1. The van der Waals surface area contributed by atoms with Crippen LogP contribution in [0.3, 0.4) is 0 Å². The van der Waals surface area contributed by atoms with Crippen molar-refractivity contribution in [3.8, 4) is 23.3 Å². The van der Waals surface area contributed by atoms with E-state index in [1.54, 1.807) is 6.07 Å². The van der Waals surface area contributed by atoms with Gasteiger partial charge in [-0.1, -0.05) is 52.9 Å². The van der Waals surface area contributed by atoms with Gasteiger partial charge in [-0.3, -0.25) is 14.3 Å². The third kappa shape index (κ3) is 6.16. The summed E-state index contributed by atoms with van der Waals surface area (Å²) in [7, 11) is 3.28. The highest BCUT2D eigenvalue weighted by atomic mass is 19.1. The number of halogens is 1. The molecule has 3 rings (SSSR count). The molecule has 2 N–H and O–H groups in total. The number of hydrogen-bond donors (Lipinski definition) is 2. The highest BCUT2D eigenvalue weighted by molar-refractivity contribution is 5.61. The zero-order chi connectivity index (χ0) is 25.5. The molecule has 0 unspecified atom stereocenters. The standard InChI is InChI=1S/C24H24FN3O3.C3H8/c1-24(2,3)18-14-19(28-13-12-20(29)27-23(28)30)21(25)17(22(18)31-5)11-8-15-6-9-16(26-4)10-7-15;1-3-2/h6-7,9-10,12-14,26H,1-5H3,(H,27,29,30);3H2,1-2H3. The van der Waals surface area contributed by atoms with E-state index in [1.807, 2.05) is 52.1 Å². The second-order valence-corrected chi connectivity index (χ2v) is 8.68. The molecule has 0 spiro atoms. The lowest BCUT2D eigenvalue weighted by Crippen LogP contribution is -2.28. The van der Waals surface area contributed by atoms with E-state index in [9.17, 15) is 9.59 Å². The number of aromatic amines is 1. The lowest BCUT2D eigenvalue weighted by Gasteiger charge is -2.25. The molecule has 6 nitrogen and oxygen atoms in total. The predicted molar refractivity (Wildman–Crippen MR) is 136 cm³/mol. The van der Waals surface area contributed by atoms with E-state index in [2.05, 4.69) is 36.0 Å². The minimum atomic E-state index is -0.738. The van der Waals surface area contributed by atoms with E-state index in [1.165, 1.54) is 19.7 Å². The molecule has 0 radical (unpaired) electrons. The monoisotopic (exact) mass is 465 g/mol. The van der Waals surface area contributed by atoms with Crippen LogP contribution in [0.5, 0.6) is 5.75 Å². The van der Waals surface area contributed by atoms with Crippen LogP contribution in [-0.4, -0.2) is 23.7 Å². The maximum atomic E-state index is 15.6. The zero-order valence-electron chi connectivity index (χ0n) is 20.8. The Morgan fingerprint density at radius 1 is 1.09 bits per heavy atom. The van der Waals surface area contributed by atoms with Crippen molar-refractivity contribution in [2.24, 2.45) is 0 Å². The van der Waals surface area contributed by atoms with Crippen LogP contribution in [0.1, 0.15) is 57.7 Å². The molecule has 0 bridgehead atoms. The van der Waals surface area contributed by atoms with Crippen LogP contribution in [0, 0.1) is 17.7 Å². The largest absolute Gasteiger partial charge is 0.495 e. The summed E-state index contributed by atoms with van der Waals surface area (Å²) in [4.78, 5) is 25.9. The summed E-state index contributed by atoms with van der Waals surface area (Å²) in [5.74, 6) is 5.45. The van der Waals surface area contributed by atoms with Gasteiger partial charge in [0, 0.05) is 36.1 Å². The first-order valence-electron chi connectivity index (χ1n) is 11.1. The van der Waals surface area contributed by atoms with Crippen molar-refractivity contribution in [1.29, 1.82) is 0 Å². The topological polar surface area (TPSA) is 76.1 Å². The maximum Gasteiger partial charge on any atom is 0.333 e. The first kappa shape index (κ1) is 26.5. The van der Waals surface area contributed by atoms with E-state index in [0.717, 1.165) is 16.3 Å². The third-order valence-electron chi connectivity index (χ3n) is 4.80. The molecule has 0 saturated carbocycles. The Bertz CT molecular complexity index is 1300. The Kier molecular flexibility index (Phi) is 8.85. The Morgan fingerprint density at radius 3 is 2.21 bits per heavy atom. The van der Waals surface area contributed by atoms with Crippen molar-refractivity contribution in [2.45, 2.75) is 46.5 Å². The van der Waals surface area contributed by atoms with Gasteiger partial charge >= 0.3 is 5.69 Å². The number of ether oxygens (including phenoxy) is 1. The summed E-state index contributed by atoms with van der Waals surface area (Å²) in [5.41, 5.74) is 0.619. The van der Waals surface area contributed by atoms with Crippen molar-refractivity contribution >= 4 is 5.69 Å². The van der Waals surface area contributed by atoms with Gasteiger partial charge in [-0.15, -0.1) is 0 Å². The number of nitrogens with zero attached hydrogens (tertiary/aromatic N) is 1. The molecule has 0 aliphatic rings. The van der Waals surface area contributed by atoms with Crippen LogP contribution >= 0.6 is 0 Å². The average molecular weight is 466 g/mol. The fourth-order valence-electron chi connectivity index (χ4n) is 3.15. The molecule has 0 saturated heterocycles. The number of nitrogens with one attached hydrogen (secondary N) is 2. The van der Waals surface area contributed by atoms with Gasteiger partial charge < -0.3 is 10.1 Å². The fraction of sp³-hybridized carbons (Fsp3) is 0.333. The van der Waals surface area contributed by atoms with Gasteiger partial charge in [0.05, 0.1) is 12.8 Å². The summed E-state index contributed by atoms with van der Waals surface area (Å²) in [6.07, 6.45) is 2.49. The van der Waals surface area contributed by atoms with E-state index in [-0.39, 0.29) is 11.3 Å². The number of aromatic nitrogens is 2. The van der Waals surface area contributed by atoms with Crippen molar-refractivity contribution in [3.05, 3.63) is 85.9 Å². The summed E-state index contributed by atoms with van der Waals surface area (Å²) < 4.78 is 22.2. The fourth-order valence-corrected chi connectivity index (χ4v) is 3.15. The van der Waals surface area contributed by atoms with E-state index in [0.29, 0.717) is 16.9 Å². The highest BCUT2D eigenvalue weighted by Crippen LogP contribution is 2.37. The molecule has 0 atom stereocenters. The van der Waals surface area contributed by atoms with E-state index in [4.69, 9.17) is 4.74 Å². The minimum Gasteiger partial charge on any atom is -0.495 e. The SMILES string of the molecule is CCC.CNc1ccc(C#Cc2c(F)c(-n3ccc(=O)[nH]c3=O)cc(C(C)(C)C)c2OC)cc1. The van der Waals surface area contributed by atoms with Crippen molar-refractivity contribution in [2.75, 3.05) is 19.5 Å². The quantitative estimate of drug-likeness (QED) is 0.544. The first-order valence-corrected chi connectivity index (χ1v) is 11.1. The highest BCUT2D eigenvalue weighted by Gasteiger charge is 2.26. The molecule has 0 fully saturated rings. The minimum absolute atomic E-state index is 0.0122. The number of H-pyrrole nitrogens is 1. The van der Waals surface area contributed by atoms with Crippen LogP contribution in [0.2, 0.25) is 0 Å². The van der Waals surface area contributed by atoms with Gasteiger partial charge in [-0.05, 0) is 35.7 Å². The average Bonchev–Trinajstić information content (AvgIpc) is 2.78. The van der Waals surface area contributed by atoms with E-state index < -0.39 is 22.5 Å². The molecule has 0 aliphatic heterocycles. The normalized spacial score (nSPS) is 10.5. The summed E-state index contributed by atoms with van der Waals surface area (Å²) in [5, 5.41) is 3.03. The van der Waals surface area contributed by atoms with Crippen molar-refractivity contribution in [3.63, 3.8) is 0 Å². The molecule has 1 aromatic heterocycles. The Balaban J connectivity index is 0.00000129. The number of anilines is 1. The number of hydrogen-bond acceptors (Lipinski definition) is 4. The van der Waals surface area contributed by atoms with Gasteiger partial charge in [0.1, 0.15) is 11.3 Å². The van der Waals surface area contributed by atoms with Crippen LogP contribution < -0.4 is 21.3 Å². The Morgan fingerprint density at radius 2 is 1.71 bits per heavy atom.